The number of hydrogen-bond acceptors (Lipinski definition) is 8. The van der Waals surface area contributed by atoms with Crippen LogP contribution in [0.5, 0.6) is 0 Å². The number of likely N-dealkylation sites (tertiary alicyclic amines) is 1. The van der Waals surface area contributed by atoms with Gasteiger partial charge in [0.05, 0.1) is 30.7 Å². The summed E-state index contributed by atoms with van der Waals surface area (Å²) < 4.78 is 0. The highest BCUT2D eigenvalue weighted by molar-refractivity contribution is 8.03. The van der Waals surface area contributed by atoms with Gasteiger partial charge in [-0.2, -0.15) is 0 Å². The van der Waals surface area contributed by atoms with Crippen molar-refractivity contribution in [2.75, 3.05) is 33.2 Å². The molecular formula is C22H33N5O6S. The third kappa shape index (κ3) is 4.43. The highest BCUT2D eigenvalue weighted by Crippen LogP contribution is 2.51. The van der Waals surface area contributed by atoms with E-state index in [4.69, 9.17) is 0 Å². The van der Waals surface area contributed by atoms with Crippen molar-refractivity contribution in [2.24, 2.45) is 11.8 Å². The van der Waals surface area contributed by atoms with E-state index in [1.165, 1.54) is 16.7 Å². The van der Waals surface area contributed by atoms with Gasteiger partial charge in [0.1, 0.15) is 5.70 Å². The molecule has 3 saturated heterocycles. The minimum atomic E-state index is -1.14. The van der Waals surface area contributed by atoms with Crippen LogP contribution in [0.15, 0.2) is 10.6 Å². The molecule has 7 atom stereocenters. The van der Waals surface area contributed by atoms with Crippen LogP contribution in [0.4, 0.5) is 0 Å². The lowest BCUT2D eigenvalue weighted by atomic mass is 9.78. The predicted molar refractivity (Wildman–Crippen MR) is 124 cm³/mol. The number of carbonyl (C=O) groups is 4. The number of β-lactam (4-membered cyclic amide) rings is 1. The summed E-state index contributed by atoms with van der Waals surface area (Å²) in [5.41, 5.74) is 0.0231. The Bertz CT molecular complexity index is 912. The second kappa shape index (κ2) is 9.84. The highest BCUT2D eigenvalue weighted by atomic mass is 32.2. The average Bonchev–Trinajstić information content (AvgIpc) is 3.46. The number of rotatable bonds is 8. The van der Waals surface area contributed by atoms with Crippen molar-refractivity contribution in [3.05, 3.63) is 10.6 Å². The van der Waals surface area contributed by atoms with E-state index < -0.39 is 24.0 Å². The molecule has 34 heavy (non-hydrogen) atoms. The highest BCUT2D eigenvalue weighted by Gasteiger charge is 2.60. The zero-order valence-corrected chi connectivity index (χ0v) is 20.4. The number of nitrogens with zero attached hydrogens (tertiary/aromatic N) is 2. The maximum absolute atomic E-state index is 13.0. The van der Waals surface area contributed by atoms with Crippen LogP contribution in [0, 0.1) is 11.8 Å². The maximum atomic E-state index is 13.0. The lowest BCUT2D eigenvalue weighted by Gasteiger charge is -2.47. The lowest BCUT2D eigenvalue weighted by Crippen LogP contribution is -2.66. The quantitative estimate of drug-likeness (QED) is 0.255. The summed E-state index contributed by atoms with van der Waals surface area (Å²) in [6, 6.07) is -1.09. The number of aliphatic hydroxyl groups is 1. The standard InChI is InChI=1S/C22H33N5O6S/c1-10-17-16(11(2)25-15(29)8-23-3)21(31)27(17)18(22(32)33)19(10)34-13-6-14(24-7-13)20(30)26-5-4-12(28)9-26/h10-14,16-17,23-24,28H,4-9H2,1-3H3,(H,25,29)(H,32,33)/t10-,11-,12+,13+,14+,16-,17-/m1/s1. The number of fused-ring (bicyclic) bond motifs is 1. The molecule has 4 heterocycles. The summed E-state index contributed by atoms with van der Waals surface area (Å²) in [5.74, 6) is -2.35. The molecule has 4 rings (SSSR count). The first-order chi connectivity index (χ1) is 16.1. The molecule has 5 N–H and O–H groups in total. The van der Waals surface area contributed by atoms with Gasteiger partial charge in [0.15, 0.2) is 0 Å². The fourth-order valence-corrected chi connectivity index (χ4v) is 7.05. The normalized spacial score (nSPS) is 33.7. The monoisotopic (exact) mass is 495 g/mol. The SMILES string of the molecule is CNCC(=O)N[C@H](C)[C@H]1C(=O)N2C(C(=O)O)=C(S[C@@H]3CN[C@H](C(=O)N4CC[C@H](O)C4)C3)[C@H](C)[C@H]12. The molecule has 0 unspecified atom stereocenters. The zero-order valence-electron chi connectivity index (χ0n) is 19.6. The first kappa shape index (κ1) is 25.0. The summed E-state index contributed by atoms with van der Waals surface area (Å²) in [7, 11) is 1.66. The van der Waals surface area contributed by atoms with Crippen molar-refractivity contribution in [2.45, 2.75) is 56.2 Å². The molecule has 4 aliphatic rings. The topological polar surface area (TPSA) is 151 Å². The first-order valence-corrected chi connectivity index (χ1v) is 12.6. The number of carbonyl (C=O) groups excluding carboxylic acids is 3. The molecule has 0 aromatic heterocycles. The largest absolute Gasteiger partial charge is 0.477 e. The molecule has 3 amide bonds. The zero-order chi connectivity index (χ0) is 24.7. The van der Waals surface area contributed by atoms with Crippen molar-refractivity contribution < 1.29 is 29.4 Å². The van der Waals surface area contributed by atoms with Gasteiger partial charge in [-0.3, -0.25) is 14.4 Å². The van der Waals surface area contributed by atoms with Crippen LogP contribution in [0.25, 0.3) is 0 Å². The van der Waals surface area contributed by atoms with Gasteiger partial charge in [-0.05, 0) is 26.8 Å². The molecular weight excluding hydrogens is 462 g/mol. The van der Waals surface area contributed by atoms with E-state index in [0.717, 1.165) is 0 Å². The van der Waals surface area contributed by atoms with Gasteiger partial charge in [-0.1, -0.05) is 6.92 Å². The predicted octanol–water partition coefficient (Wildman–Crippen LogP) is -1.46. The van der Waals surface area contributed by atoms with E-state index in [9.17, 15) is 29.4 Å². The molecule has 0 radical (unpaired) electrons. The average molecular weight is 496 g/mol. The van der Waals surface area contributed by atoms with Crippen molar-refractivity contribution in [1.82, 2.24) is 25.8 Å². The third-order valence-electron chi connectivity index (χ3n) is 7.21. The summed E-state index contributed by atoms with van der Waals surface area (Å²) >= 11 is 1.43. The smallest absolute Gasteiger partial charge is 0.353 e. The van der Waals surface area contributed by atoms with Crippen molar-refractivity contribution in [3.8, 4) is 0 Å². The van der Waals surface area contributed by atoms with E-state index in [1.807, 2.05) is 6.92 Å². The molecule has 12 heteroatoms. The van der Waals surface area contributed by atoms with E-state index >= 15 is 0 Å². The van der Waals surface area contributed by atoms with Crippen LogP contribution in [0.2, 0.25) is 0 Å². The van der Waals surface area contributed by atoms with Crippen molar-refractivity contribution in [1.29, 1.82) is 0 Å². The molecule has 0 aromatic carbocycles. The van der Waals surface area contributed by atoms with Crippen LogP contribution < -0.4 is 16.0 Å². The number of aliphatic carboxylic acids is 1. The lowest BCUT2D eigenvalue weighted by molar-refractivity contribution is -0.158. The van der Waals surface area contributed by atoms with Gasteiger partial charge in [-0.25, -0.2) is 4.79 Å². The number of aliphatic hydroxyl groups excluding tert-OH is 1. The Hall–Kier alpha value is -2.15. The van der Waals surface area contributed by atoms with E-state index in [-0.39, 0.29) is 53.2 Å². The summed E-state index contributed by atoms with van der Waals surface area (Å²) in [4.78, 5) is 53.5. The molecule has 4 aliphatic heterocycles. The molecule has 0 spiro atoms. The van der Waals surface area contributed by atoms with Gasteiger partial charge in [0.25, 0.3) is 0 Å². The molecule has 0 saturated carbocycles. The number of β-amino-alcohol motifs (C(OH)–C–C–N with tert-alkyl or cyclic N) is 1. The Labute approximate surface area is 202 Å². The maximum Gasteiger partial charge on any atom is 0.353 e. The molecule has 3 fully saturated rings. The van der Waals surface area contributed by atoms with Crippen molar-refractivity contribution >= 4 is 35.5 Å². The Kier molecular flexibility index (Phi) is 7.22. The van der Waals surface area contributed by atoms with Crippen LogP contribution in [0.3, 0.4) is 0 Å². The van der Waals surface area contributed by atoms with Crippen LogP contribution in [-0.2, 0) is 19.2 Å². The number of hydrogen-bond donors (Lipinski definition) is 5. The minimum absolute atomic E-state index is 0.00622. The number of carboxylic acid groups (broad SMARTS) is 1. The Morgan fingerprint density at radius 3 is 2.68 bits per heavy atom. The number of carboxylic acids is 1. The number of likely N-dealkylation sites (N-methyl/N-ethyl adjacent to an activating group) is 1. The second-order valence-electron chi connectivity index (χ2n) is 9.58. The van der Waals surface area contributed by atoms with Gasteiger partial charge < -0.3 is 36.0 Å². The van der Waals surface area contributed by atoms with E-state index in [2.05, 4.69) is 16.0 Å². The minimum Gasteiger partial charge on any atom is -0.477 e. The number of thioether (sulfide) groups is 1. The molecule has 0 bridgehead atoms. The fraction of sp³-hybridized carbons (Fsp3) is 0.727. The van der Waals surface area contributed by atoms with Gasteiger partial charge >= 0.3 is 5.97 Å². The van der Waals surface area contributed by atoms with Crippen molar-refractivity contribution in [3.63, 3.8) is 0 Å². The first-order valence-electron chi connectivity index (χ1n) is 11.7. The Balaban J connectivity index is 1.43. The van der Waals surface area contributed by atoms with E-state index in [0.29, 0.717) is 37.4 Å². The summed E-state index contributed by atoms with van der Waals surface area (Å²) in [6.07, 6.45) is 0.666. The number of nitrogens with one attached hydrogen (secondary N) is 3. The molecule has 0 aliphatic carbocycles. The molecule has 0 aromatic rings. The van der Waals surface area contributed by atoms with Crippen LogP contribution in [-0.4, -0.2) is 106 Å². The fourth-order valence-electron chi connectivity index (χ4n) is 5.58. The summed E-state index contributed by atoms with van der Waals surface area (Å²) in [5, 5.41) is 28.5. The Morgan fingerprint density at radius 2 is 2.06 bits per heavy atom. The molecule has 188 valence electrons. The summed E-state index contributed by atoms with van der Waals surface area (Å²) in [6.45, 7) is 5.29. The van der Waals surface area contributed by atoms with E-state index in [1.54, 1.807) is 18.9 Å². The Morgan fingerprint density at radius 1 is 1.32 bits per heavy atom. The molecule has 11 nitrogen and oxygen atoms in total. The number of amides is 3. The van der Waals surface area contributed by atoms with Crippen LogP contribution >= 0.6 is 11.8 Å². The van der Waals surface area contributed by atoms with Gasteiger partial charge in [-0.15, -0.1) is 11.8 Å². The third-order valence-corrected chi connectivity index (χ3v) is 8.72. The van der Waals surface area contributed by atoms with Gasteiger partial charge in [0, 0.05) is 41.7 Å². The van der Waals surface area contributed by atoms with Gasteiger partial charge in [0.2, 0.25) is 17.7 Å². The van der Waals surface area contributed by atoms with Crippen LogP contribution in [0.1, 0.15) is 26.7 Å². The second-order valence-corrected chi connectivity index (χ2v) is 10.9.